The standard InChI is InChI=1S/C7H4BrClN2/c8-6-5(9)2-1-4-3-10-11-7(4)6/h1-3H,(H,10,11). The van der Waals surface area contributed by atoms with Crippen LogP contribution >= 0.6 is 27.5 Å². The molecule has 1 aromatic heterocycles. The molecule has 1 heterocycles. The number of benzene rings is 1. The first-order valence-corrected chi connectivity index (χ1v) is 4.23. The largest absolute Gasteiger partial charge is 0.277 e. The van der Waals surface area contributed by atoms with Crippen molar-refractivity contribution in [3.05, 3.63) is 27.8 Å². The van der Waals surface area contributed by atoms with E-state index in [1.54, 1.807) is 6.20 Å². The van der Waals surface area contributed by atoms with E-state index in [0.29, 0.717) is 5.02 Å². The van der Waals surface area contributed by atoms with E-state index in [1.807, 2.05) is 12.1 Å². The van der Waals surface area contributed by atoms with Crippen LogP contribution in [0.3, 0.4) is 0 Å². The fraction of sp³-hybridized carbons (Fsp3) is 0. The summed E-state index contributed by atoms with van der Waals surface area (Å²) >= 11 is 9.21. The molecule has 1 aromatic carbocycles. The van der Waals surface area contributed by atoms with Crippen molar-refractivity contribution in [3.8, 4) is 0 Å². The monoisotopic (exact) mass is 230 g/mol. The number of halogens is 2. The van der Waals surface area contributed by atoms with Gasteiger partial charge in [-0.3, -0.25) is 5.10 Å². The molecule has 0 aliphatic rings. The average Bonchev–Trinajstić information content (AvgIpc) is 2.45. The summed E-state index contributed by atoms with van der Waals surface area (Å²) in [5.74, 6) is 0. The van der Waals surface area contributed by atoms with Crippen LogP contribution in [0.4, 0.5) is 0 Å². The lowest BCUT2D eigenvalue weighted by molar-refractivity contribution is 1.12. The van der Waals surface area contributed by atoms with Gasteiger partial charge in [-0.05, 0) is 28.1 Å². The maximum absolute atomic E-state index is 5.85. The molecule has 0 spiro atoms. The van der Waals surface area contributed by atoms with Gasteiger partial charge in [0.05, 0.1) is 21.2 Å². The van der Waals surface area contributed by atoms with E-state index in [1.165, 1.54) is 0 Å². The number of rotatable bonds is 0. The fourth-order valence-corrected chi connectivity index (χ4v) is 1.56. The zero-order chi connectivity index (χ0) is 7.84. The van der Waals surface area contributed by atoms with E-state index >= 15 is 0 Å². The molecule has 2 rings (SSSR count). The van der Waals surface area contributed by atoms with Crippen LogP contribution in [0.15, 0.2) is 22.8 Å². The number of hydrogen-bond acceptors (Lipinski definition) is 1. The van der Waals surface area contributed by atoms with E-state index in [0.717, 1.165) is 15.4 Å². The van der Waals surface area contributed by atoms with Gasteiger partial charge in [0, 0.05) is 5.39 Å². The van der Waals surface area contributed by atoms with Gasteiger partial charge >= 0.3 is 0 Å². The summed E-state index contributed by atoms with van der Waals surface area (Å²) < 4.78 is 0.870. The van der Waals surface area contributed by atoms with E-state index < -0.39 is 0 Å². The van der Waals surface area contributed by atoms with Crippen LogP contribution in [0, 0.1) is 0 Å². The number of aromatic nitrogens is 2. The second-order valence-corrected chi connectivity index (χ2v) is 3.40. The summed E-state index contributed by atoms with van der Waals surface area (Å²) in [7, 11) is 0. The zero-order valence-corrected chi connectivity index (χ0v) is 7.78. The Morgan fingerprint density at radius 2 is 2.27 bits per heavy atom. The number of nitrogens with zero attached hydrogens (tertiary/aromatic N) is 1. The van der Waals surface area contributed by atoms with Crippen molar-refractivity contribution in [3.63, 3.8) is 0 Å². The van der Waals surface area contributed by atoms with Gasteiger partial charge in [0.25, 0.3) is 0 Å². The minimum absolute atomic E-state index is 0.696. The SMILES string of the molecule is Clc1ccc2cn[nH]c2c1Br. The molecule has 0 aliphatic carbocycles. The molecular formula is C7H4BrClN2. The molecular weight excluding hydrogens is 227 g/mol. The molecule has 0 atom stereocenters. The Balaban J connectivity index is 2.93. The quantitative estimate of drug-likeness (QED) is 0.742. The molecule has 4 heteroatoms. The molecule has 1 N–H and O–H groups in total. The predicted molar refractivity (Wildman–Crippen MR) is 48.8 cm³/mol. The van der Waals surface area contributed by atoms with Gasteiger partial charge in [0.2, 0.25) is 0 Å². The fourth-order valence-electron chi connectivity index (χ4n) is 0.953. The molecule has 0 aliphatic heterocycles. The number of hydrogen-bond donors (Lipinski definition) is 1. The summed E-state index contributed by atoms with van der Waals surface area (Å²) in [6.07, 6.45) is 1.76. The normalized spacial score (nSPS) is 10.7. The van der Waals surface area contributed by atoms with Crippen molar-refractivity contribution in [1.29, 1.82) is 0 Å². The van der Waals surface area contributed by atoms with E-state index in [4.69, 9.17) is 11.6 Å². The molecule has 0 saturated carbocycles. The molecule has 11 heavy (non-hydrogen) atoms. The molecule has 0 unspecified atom stereocenters. The third-order valence-electron chi connectivity index (χ3n) is 1.51. The summed E-state index contributed by atoms with van der Waals surface area (Å²) in [5.41, 5.74) is 0.942. The van der Waals surface area contributed by atoms with Gasteiger partial charge < -0.3 is 0 Å². The topological polar surface area (TPSA) is 28.7 Å². The van der Waals surface area contributed by atoms with Crippen molar-refractivity contribution in [2.24, 2.45) is 0 Å². The highest BCUT2D eigenvalue weighted by Gasteiger charge is 2.03. The maximum Gasteiger partial charge on any atom is 0.0807 e. The highest BCUT2D eigenvalue weighted by atomic mass is 79.9. The van der Waals surface area contributed by atoms with Gasteiger partial charge in [0.1, 0.15) is 0 Å². The molecule has 0 radical (unpaired) electrons. The Labute approximate surface area is 76.7 Å². The van der Waals surface area contributed by atoms with Crippen molar-refractivity contribution in [2.75, 3.05) is 0 Å². The Bertz CT molecular complexity index is 396. The summed E-state index contributed by atoms with van der Waals surface area (Å²) in [5, 5.41) is 8.49. The Morgan fingerprint density at radius 3 is 3.09 bits per heavy atom. The predicted octanol–water partition coefficient (Wildman–Crippen LogP) is 2.98. The van der Waals surface area contributed by atoms with Crippen LogP contribution in [0.2, 0.25) is 5.02 Å². The number of fused-ring (bicyclic) bond motifs is 1. The second-order valence-electron chi connectivity index (χ2n) is 2.20. The van der Waals surface area contributed by atoms with Gasteiger partial charge in [-0.25, -0.2) is 0 Å². The minimum Gasteiger partial charge on any atom is -0.277 e. The van der Waals surface area contributed by atoms with Gasteiger partial charge in [-0.1, -0.05) is 11.6 Å². The second kappa shape index (κ2) is 2.50. The molecule has 2 nitrogen and oxygen atoms in total. The Hall–Kier alpha value is -0.540. The van der Waals surface area contributed by atoms with Crippen LogP contribution in [0.1, 0.15) is 0 Å². The first kappa shape index (κ1) is 7.13. The first-order valence-electron chi connectivity index (χ1n) is 3.06. The van der Waals surface area contributed by atoms with E-state index in [9.17, 15) is 0 Å². The smallest absolute Gasteiger partial charge is 0.0807 e. The Morgan fingerprint density at radius 1 is 1.45 bits per heavy atom. The van der Waals surface area contributed by atoms with Crippen molar-refractivity contribution < 1.29 is 0 Å². The van der Waals surface area contributed by atoms with Gasteiger partial charge in [-0.15, -0.1) is 0 Å². The maximum atomic E-state index is 5.85. The van der Waals surface area contributed by atoms with Crippen molar-refractivity contribution in [1.82, 2.24) is 10.2 Å². The summed E-state index contributed by atoms with van der Waals surface area (Å²) in [6.45, 7) is 0. The minimum atomic E-state index is 0.696. The lowest BCUT2D eigenvalue weighted by Gasteiger charge is -1.94. The highest BCUT2D eigenvalue weighted by Crippen LogP contribution is 2.28. The van der Waals surface area contributed by atoms with Crippen molar-refractivity contribution >= 4 is 38.4 Å². The molecule has 0 bridgehead atoms. The third-order valence-corrected chi connectivity index (χ3v) is 2.87. The van der Waals surface area contributed by atoms with Crippen LogP contribution in [0.5, 0.6) is 0 Å². The highest BCUT2D eigenvalue weighted by molar-refractivity contribution is 9.10. The number of nitrogens with one attached hydrogen (secondary N) is 1. The summed E-state index contributed by atoms with van der Waals surface area (Å²) in [4.78, 5) is 0. The molecule has 0 amide bonds. The van der Waals surface area contributed by atoms with Crippen LogP contribution in [0.25, 0.3) is 10.9 Å². The van der Waals surface area contributed by atoms with Crippen LogP contribution < -0.4 is 0 Å². The number of aromatic amines is 1. The molecule has 0 saturated heterocycles. The van der Waals surface area contributed by atoms with E-state index in [-0.39, 0.29) is 0 Å². The first-order chi connectivity index (χ1) is 5.29. The third kappa shape index (κ3) is 1.04. The van der Waals surface area contributed by atoms with Crippen LogP contribution in [-0.4, -0.2) is 10.2 Å². The lowest BCUT2D eigenvalue weighted by atomic mass is 10.3. The lowest BCUT2D eigenvalue weighted by Crippen LogP contribution is -1.72. The van der Waals surface area contributed by atoms with Crippen molar-refractivity contribution in [2.45, 2.75) is 0 Å². The Kier molecular flexibility index (Phi) is 1.62. The molecule has 2 aromatic rings. The average molecular weight is 231 g/mol. The zero-order valence-electron chi connectivity index (χ0n) is 5.44. The number of H-pyrrole nitrogens is 1. The van der Waals surface area contributed by atoms with Crippen LogP contribution in [-0.2, 0) is 0 Å². The van der Waals surface area contributed by atoms with Gasteiger partial charge in [0.15, 0.2) is 0 Å². The van der Waals surface area contributed by atoms with Gasteiger partial charge in [-0.2, -0.15) is 5.10 Å². The summed E-state index contributed by atoms with van der Waals surface area (Å²) in [6, 6.07) is 3.76. The molecule has 56 valence electrons. The van der Waals surface area contributed by atoms with E-state index in [2.05, 4.69) is 26.1 Å². The molecule has 0 fully saturated rings.